The second-order valence-electron chi connectivity index (χ2n) is 4.76. The predicted octanol–water partition coefficient (Wildman–Crippen LogP) is 1.75. The molecule has 0 aliphatic carbocycles. The number of hydrogen-bond donors (Lipinski definition) is 1. The van der Waals surface area contributed by atoms with E-state index in [1.54, 1.807) is 0 Å². The first-order valence-corrected chi connectivity index (χ1v) is 6.55. The molecule has 1 fully saturated rings. The van der Waals surface area contributed by atoms with Crippen molar-refractivity contribution in [1.82, 2.24) is 15.5 Å². The second-order valence-corrected chi connectivity index (χ2v) is 4.76. The van der Waals surface area contributed by atoms with Crippen molar-refractivity contribution >= 4 is 5.82 Å². The Balaban J connectivity index is 2.17. The van der Waals surface area contributed by atoms with Gasteiger partial charge < -0.3 is 10.2 Å². The van der Waals surface area contributed by atoms with Gasteiger partial charge in [-0.25, -0.2) is 0 Å². The second kappa shape index (κ2) is 5.45. The van der Waals surface area contributed by atoms with Crippen molar-refractivity contribution < 1.29 is 0 Å². The zero-order chi connectivity index (χ0) is 12.3. The van der Waals surface area contributed by atoms with E-state index in [0.717, 1.165) is 37.4 Å². The van der Waals surface area contributed by atoms with Gasteiger partial charge in [0.25, 0.3) is 0 Å². The van der Waals surface area contributed by atoms with E-state index in [1.165, 1.54) is 0 Å². The highest BCUT2D eigenvalue weighted by Gasteiger charge is 2.26. The average molecular weight is 234 g/mol. The van der Waals surface area contributed by atoms with E-state index in [1.807, 2.05) is 13.0 Å². The zero-order valence-corrected chi connectivity index (χ0v) is 11.0. The summed E-state index contributed by atoms with van der Waals surface area (Å²) in [4.78, 5) is 2.40. The molecule has 2 rings (SSSR count). The van der Waals surface area contributed by atoms with E-state index in [4.69, 9.17) is 0 Å². The third-order valence-corrected chi connectivity index (χ3v) is 3.54. The molecule has 0 bridgehead atoms. The minimum absolute atomic E-state index is 0.537. The van der Waals surface area contributed by atoms with E-state index >= 15 is 0 Å². The average Bonchev–Trinajstić information content (AvgIpc) is 2.39. The first kappa shape index (κ1) is 12.3. The number of hydrogen-bond acceptors (Lipinski definition) is 4. The minimum Gasteiger partial charge on any atom is -0.349 e. The molecule has 0 radical (unpaired) electrons. The van der Waals surface area contributed by atoms with Crippen LogP contribution < -0.4 is 10.2 Å². The molecule has 1 aliphatic heterocycles. The summed E-state index contributed by atoms with van der Waals surface area (Å²) < 4.78 is 0. The molecule has 0 amide bonds. The Labute approximate surface area is 103 Å². The molecule has 1 aromatic rings. The smallest absolute Gasteiger partial charge is 0.151 e. The summed E-state index contributed by atoms with van der Waals surface area (Å²) in [5, 5.41) is 12.1. The van der Waals surface area contributed by atoms with Crippen molar-refractivity contribution in [1.29, 1.82) is 0 Å². The summed E-state index contributed by atoms with van der Waals surface area (Å²) in [7, 11) is 0. The van der Waals surface area contributed by atoms with Crippen molar-refractivity contribution in [3.05, 3.63) is 17.8 Å². The van der Waals surface area contributed by atoms with Crippen molar-refractivity contribution in [3.63, 3.8) is 0 Å². The maximum Gasteiger partial charge on any atom is 0.151 e. The summed E-state index contributed by atoms with van der Waals surface area (Å²) in [6.45, 7) is 8.51. The number of piperazine rings is 1. The van der Waals surface area contributed by atoms with E-state index in [-0.39, 0.29) is 0 Å². The van der Waals surface area contributed by atoms with Crippen LogP contribution in [0.1, 0.15) is 32.4 Å². The Morgan fingerprint density at radius 2 is 2.12 bits per heavy atom. The standard InChI is InChI=1S/C13H22N4/c1-4-11-9-17(12(5-2)8-14-11)13-7-6-10(3)15-16-13/h6-7,11-12,14H,4-5,8-9H2,1-3H3. The zero-order valence-electron chi connectivity index (χ0n) is 11.0. The van der Waals surface area contributed by atoms with Gasteiger partial charge in [-0.3, -0.25) is 0 Å². The molecular formula is C13H22N4. The molecule has 0 aromatic carbocycles. The van der Waals surface area contributed by atoms with Gasteiger partial charge in [0.05, 0.1) is 5.69 Å². The Morgan fingerprint density at radius 1 is 1.29 bits per heavy atom. The molecule has 2 heterocycles. The highest BCUT2D eigenvalue weighted by molar-refractivity contribution is 5.40. The van der Waals surface area contributed by atoms with E-state index in [2.05, 4.69) is 40.3 Å². The number of anilines is 1. The monoisotopic (exact) mass is 234 g/mol. The quantitative estimate of drug-likeness (QED) is 0.865. The molecule has 2 atom stereocenters. The number of aryl methyl sites for hydroxylation is 1. The summed E-state index contributed by atoms with van der Waals surface area (Å²) in [5.74, 6) is 1.02. The lowest BCUT2D eigenvalue weighted by molar-refractivity contribution is 0.376. The molecule has 1 aliphatic rings. The van der Waals surface area contributed by atoms with Crippen LogP contribution in [-0.4, -0.2) is 35.4 Å². The van der Waals surface area contributed by atoms with Gasteiger partial charge in [-0.15, -0.1) is 5.10 Å². The molecule has 2 unspecified atom stereocenters. The summed E-state index contributed by atoms with van der Waals surface area (Å²) in [5.41, 5.74) is 0.976. The molecule has 1 aromatic heterocycles. The van der Waals surface area contributed by atoms with Gasteiger partial charge in [-0.2, -0.15) is 5.10 Å². The van der Waals surface area contributed by atoms with Crippen LogP contribution in [0.25, 0.3) is 0 Å². The largest absolute Gasteiger partial charge is 0.349 e. The van der Waals surface area contributed by atoms with Crippen LogP contribution in [0, 0.1) is 6.92 Å². The molecule has 1 saturated heterocycles. The lowest BCUT2D eigenvalue weighted by Crippen LogP contribution is -2.56. The van der Waals surface area contributed by atoms with Crippen molar-refractivity contribution in [3.8, 4) is 0 Å². The van der Waals surface area contributed by atoms with Crippen LogP contribution in [0.2, 0.25) is 0 Å². The first-order chi connectivity index (χ1) is 8.24. The normalized spacial score (nSPS) is 25.0. The van der Waals surface area contributed by atoms with Gasteiger partial charge >= 0.3 is 0 Å². The lowest BCUT2D eigenvalue weighted by Gasteiger charge is -2.40. The molecule has 4 nitrogen and oxygen atoms in total. The maximum absolute atomic E-state index is 4.32. The van der Waals surface area contributed by atoms with Gasteiger partial charge in [-0.1, -0.05) is 13.8 Å². The highest BCUT2D eigenvalue weighted by atomic mass is 15.3. The minimum atomic E-state index is 0.537. The Morgan fingerprint density at radius 3 is 2.71 bits per heavy atom. The molecule has 4 heteroatoms. The van der Waals surface area contributed by atoms with Crippen LogP contribution in [0.5, 0.6) is 0 Å². The van der Waals surface area contributed by atoms with Gasteiger partial charge in [0.1, 0.15) is 0 Å². The fraction of sp³-hybridized carbons (Fsp3) is 0.692. The fourth-order valence-electron chi connectivity index (χ4n) is 2.33. The van der Waals surface area contributed by atoms with Crippen LogP contribution in [0.15, 0.2) is 12.1 Å². The first-order valence-electron chi connectivity index (χ1n) is 6.55. The van der Waals surface area contributed by atoms with Crippen LogP contribution in [0.4, 0.5) is 5.82 Å². The predicted molar refractivity (Wildman–Crippen MR) is 70.3 cm³/mol. The summed E-state index contributed by atoms with van der Waals surface area (Å²) in [6, 6.07) is 5.23. The van der Waals surface area contributed by atoms with Crippen molar-refractivity contribution in [2.75, 3.05) is 18.0 Å². The van der Waals surface area contributed by atoms with Crippen molar-refractivity contribution in [2.45, 2.75) is 45.7 Å². The Bertz CT molecular complexity index is 349. The molecule has 17 heavy (non-hydrogen) atoms. The van der Waals surface area contributed by atoms with E-state index in [9.17, 15) is 0 Å². The van der Waals surface area contributed by atoms with Gasteiger partial charge in [0.2, 0.25) is 0 Å². The van der Waals surface area contributed by atoms with Gasteiger partial charge in [-0.05, 0) is 31.9 Å². The third kappa shape index (κ3) is 2.75. The molecule has 94 valence electrons. The van der Waals surface area contributed by atoms with Crippen molar-refractivity contribution in [2.24, 2.45) is 0 Å². The van der Waals surface area contributed by atoms with E-state index < -0.39 is 0 Å². The van der Waals surface area contributed by atoms with Crippen LogP contribution in [0.3, 0.4) is 0 Å². The Kier molecular flexibility index (Phi) is 3.94. The van der Waals surface area contributed by atoms with E-state index in [0.29, 0.717) is 12.1 Å². The summed E-state index contributed by atoms with van der Waals surface area (Å²) >= 11 is 0. The maximum atomic E-state index is 4.32. The molecular weight excluding hydrogens is 212 g/mol. The number of nitrogens with zero attached hydrogens (tertiary/aromatic N) is 3. The summed E-state index contributed by atoms with van der Waals surface area (Å²) in [6.07, 6.45) is 2.30. The third-order valence-electron chi connectivity index (χ3n) is 3.54. The lowest BCUT2D eigenvalue weighted by atomic mass is 10.1. The molecule has 0 spiro atoms. The fourth-order valence-corrected chi connectivity index (χ4v) is 2.33. The van der Waals surface area contributed by atoms with Gasteiger partial charge in [0, 0.05) is 25.2 Å². The van der Waals surface area contributed by atoms with Gasteiger partial charge in [0.15, 0.2) is 5.82 Å². The highest BCUT2D eigenvalue weighted by Crippen LogP contribution is 2.19. The Hall–Kier alpha value is -1.16. The number of aromatic nitrogens is 2. The topological polar surface area (TPSA) is 41.1 Å². The van der Waals surface area contributed by atoms with Crippen LogP contribution in [-0.2, 0) is 0 Å². The molecule has 0 saturated carbocycles. The number of nitrogens with one attached hydrogen (secondary N) is 1. The number of rotatable bonds is 3. The van der Waals surface area contributed by atoms with Crippen LogP contribution >= 0.6 is 0 Å². The molecule has 1 N–H and O–H groups in total. The SMILES string of the molecule is CCC1CN(c2ccc(C)nn2)C(CC)CN1.